The molecule has 2 aromatic rings. The minimum absolute atomic E-state index is 0.470. The molecule has 0 aliphatic rings. The molecule has 0 heterocycles. The number of oxime groups is 1. The fourth-order valence-corrected chi connectivity index (χ4v) is 2.38. The second kappa shape index (κ2) is 5.78. The third-order valence-corrected chi connectivity index (χ3v) is 3.89. The molecule has 0 saturated carbocycles. The molecule has 0 radical (unpaired) electrons. The first-order chi connectivity index (χ1) is 9.62. The van der Waals surface area contributed by atoms with E-state index >= 15 is 0 Å². The van der Waals surface area contributed by atoms with Gasteiger partial charge in [0.25, 0.3) is 0 Å². The van der Waals surface area contributed by atoms with Crippen molar-refractivity contribution < 1.29 is 9.94 Å². The Morgan fingerprint density at radius 3 is 2.05 bits per heavy atom. The van der Waals surface area contributed by atoms with Crippen molar-refractivity contribution in [3.8, 4) is 5.75 Å². The predicted octanol–water partition coefficient (Wildman–Crippen LogP) is 3.85. The summed E-state index contributed by atoms with van der Waals surface area (Å²) >= 11 is 0. The second-order valence-electron chi connectivity index (χ2n) is 4.90. The van der Waals surface area contributed by atoms with Crippen molar-refractivity contribution in [2.24, 2.45) is 5.16 Å². The lowest BCUT2D eigenvalue weighted by Crippen LogP contribution is -2.32. The lowest BCUT2D eigenvalue weighted by atomic mass is 9.73. The highest BCUT2D eigenvalue weighted by Gasteiger charge is 2.32. The van der Waals surface area contributed by atoms with E-state index in [2.05, 4.69) is 12.1 Å². The van der Waals surface area contributed by atoms with Gasteiger partial charge in [-0.3, -0.25) is 0 Å². The van der Waals surface area contributed by atoms with E-state index < -0.39 is 5.41 Å². The third kappa shape index (κ3) is 2.39. The van der Waals surface area contributed by atoms with E-state index in [-0.39, 0.29) is 0 Å². The lowest BCUT2D eigenvalue weighted by molar-refractivity contribution is 0.314. The Balaban J connectivity index is 2.58. The molecule has 104 valence electrons. The van der Waals surface area contributed by atoms with Gasteiger partial charge in [-0.1, -0.05) is 47.6 Å². The van der Waals surface area contributed by atoms with Crippen LogP contribution in [0.5, 0.6) is 5.75 Å². The summed E-state index contributed by atoms with van der Waals surface area (Å²) in [6.45, 7) is 3.89. The van der Waals surface area contributed by atoms with Gasteiger partial charge in [0.05, 0.1) is 18.2 Å². The van der Waals surface area contributed by atoms with E-state index in [0.717, 1.165) is 16.9 Å². The Morgan fingerprint density at radius 1 is 1.00 bits per heavy atom. The van der Waals surface area contributed by atoms with E-state index in [9.17, 15) is 5.21 Å². The maximum Gasteiger partial charge on any atom is 0.118 e. The smallest absolute Gasteiger partial charge is 0.118 e. The monoisotopic (exact) mass is 269 g/mol. The lowest BCUT2D eigenvalue weighted by Gasteiger charge is -2.30. The molecule has 0 aliphatic carbocycles. The van der Waals surface area contributed by atoms with Crippen LogP contribution in [0.3, 0.4) is 0 Å². The number of benzene rings is 2. The molecule has 2 aromatic carbocycles. The van der Waals surface area contributed by atoms with Crippen LogP contribution in [0.15, 0.2) is 59.8 Å². The van der Waals surface area contributed by atoms with Crippen LogP contribution < -0.4 is 4.74 Å². The molecule has 0 fully saturated rings. The summed E-state index contributed by atoms with van der Waals surface area (Å²) < 4.78 is 5.19. The van der Waals surface area contributed by atoms with E-state index in [0.29, 0.717) is 5.71 Å². The zero-order valence-electron chi connectivity index (χ0n) is 12.0. The molecule has 2 rings (SSSR count). The summed E-state index contributed by atoms with van der Waals surface area (Å²) in [5.41, 5.74) is 2.32. The predicted molar refractivity (Wildman–Crippen MR) is 80.8 cm³/mol. The summed E-state index contributed by atoms with van der Waals surface area (Å²) in [6.07, 6.45) is 0. The number of ether oxygens (including phenoxy) is 1. The van der Waals surface area contributed by atoms with Gasteiger partial charge in [-0.05, 0) is 37.1 Å². The molecular formula is C17H19NO2. The Labute approximate surface area is 119 Å². The van der Waals surface area contributed by atoms with Crippen LogP contribution in [0.25, 0.3) is 0 Å². The van der Waals surface area contributed by atoms with Crippen molar-refractivity contribution in [1.29, 1.82) is 0 Å². The highest BCUT2D eigenvalue weighted by atomic mass is 16.5. The average molecular weight is 269 g/mol. The van der Waals surface area contributed by atoms with Crippen molar-refractivity contribution in [1.82, 2.24) is 0 Å². The number of rotatable bonds is 4. The molecule has 1 atom stereocenters. The van der Waals surface area contributed by atoms with Crippen LogP contribution in [0, 0.1) is 0 Å². The molecule has 1 unspecified atom stereocenters. The van der Waals surface area contributed by atoms with Gasteiger partial charge in [0.1, 0.15) is 5.75 Å². The van der Waals surface area contributed by atoms with Crippen LogP contribution in [0.1, 0.15) is 25.0 Å². The van der Waals surface area contributed by atoms with Gasteiger partial charge in [-0.25, -0.2) is 0 Å². The van der Waals surface area contributed by atoms with E-state index in [1.165, 1.54) is 0 Å². The minimum atomic E-state index is -0.470. The van der Waals surface area contributed by atoms with Crippen LogP contribution in [-0.4, -0.2) is 18.0 Å². The van der Waals surface area contributed by atoms with Crippen LogP contribution in [0.4, 0.5) is 0 Å². The number of nitrogens with zero attached hydrogens (tertiary/aromatic N) is 1. The summed E-state index contributed by atoms with van der Waals surface area (Å²) in [7, 11) is 1.64. The summed E-state index contributed by atoms with van der Waals surface area (Å²) in [4.78, 5) is 0. The second-order valence-corrected chi connectivity index (χ2v) is 4.90. The molecule has 0 aromatic heterocycles. The molecule has 0 amide bonds. The number of methoxy groups -OCH3 is 1. The van der Waals surface area contributed by atoms with E-state index in [4.69, 9.17) is 4.74 Å². The zero-order valence-corrected chi connectivity index (χ0v) is 12.0. The SMILES string of the molecule is COc1ccc(C(C)(C(C)=NO)c2ccccc2)cc1. The molecule has 0 aliphatic heterocycles. The first kappa shape index (κ1) is 14.1. The molecule has 0 spiro atoms. The largest absolute Gasteiger partial charge is 0.497 e. The van der Waals surface area contributed by atoms with E-state index in [1.54, 1.807) is 7.11 Å². The van der Waals surface area contributed by atoms with Crippen LogP contribution >= 0.6 is 0 Å². The Bertz CT molecular complexity index is 590. The van der Waals surface area contributed by atoms with Gasteiger partial charge in [0.15, 0.2) is 0 Å². The molecule has 1 N–H and O–H groups in total. The van der Waals surface area contributed by atoms with Gasteiger partial charge in [-0.15, -0.1) is 0 Å². The highest BCUT2D eigenvalue weighted by Crippen LogP contribution is 2.34. The third-order valence-electron chi connectivity index (χ3n) is 3.89. The van der Waals surface area contributed by atoms with Crippen molar-refractivity contribution in [2.75, 3.05) is 7.11 Å². The standard InChI is InChI=1S/C17H19NO2/c1-13(18-19)17(2,14-7-5-4-6-8-14)15-9-11-16(20-3)12-10-15/h4-12,19H,1-3H3. The maximum absolute atomic E-state index is 9.26. The van der Waals surface area contributed by atoms with E-state index in [1.807, 2.05) is 61.5 Å². The molecule has 3 nitrogen and oxygen atoms in total. The van der Waals surface area contributed by atoms with Gasteiger partial charge in [-0.2, -0.15) is 0 Å². The van der Waals surface area contributed by atoms with Gasteiger partial charge >= 0.3 is 0 Å². The fraction of sp³-hybridized carbons (Fsp3) is 0.235. The molecule has 0 bridgehead atoms. The van der Waals surface area contributed by atoms with Crippen LogP contribution in [-0.2, 0) is 5.41 Å². The van der Waals surface area contributed by atoms with Crippen molar-refractivity contribution in [3.05, 3.63) is 65.7 Å². The first-order valence-electron chi connectivity index (χ1n) is 6.52. The maximum atomic E-state index is 9.26. The summed E-state index contributed by atoms with van der Waals surface area (Å²) in [6, 6.07) is 17.9. The Kier molecular flexibility index (Phi) is 4.08. The molecular weight excluding hydrogens is 250 g/mol. The summed E-state index contributed by atoms with van der Waals surface area (Å²) in [5.74, 6) is 0.808. The topological polar surface area (TPSA) is 41.8 Å². The van der Waals surface area contributed by atoms with Gasteiger partial charge < -0.3 is 9.94 Å². The first-order valence-corrected chi connectivity index (χ1v) is 6.52. The number of hydrogen-bond acceptors (Lipinski definition) is 3. The average Bonchev–Trinajstić information content (AvgIpc) is 2.54. The molecule has 0 saturated heterocycles. The van der Waals surface area contributed by atoms with Crippen molar-refractivity contribution in [3.63, 3.8) is 0 Å². The fourth-order valence-electron chi connectivity index (χ4n) is 2.38. The minimum Gasteiger partial charge on any atom is -0.497 e. The summed E-state index contributed by atoms with van der Waals surface area (Å²) in [5, 5.41) is 12.7. The highest BCUT2D eigenvalue weighted by molar-refractivity contribution is 5.95. The van der Waals surface area contributed by atoms with Crippen molar-refractivity contribution in [2.45, 2.75) is 19.3 Å². The zero-order chi connectivity index (χ0) is 14.6. The molecule has 3 heteroatoms. The van der Waals surface area contributed by atoms with Crippen molar-refractivity contribution >= 4 is 5.71 Å². The van der Waals surface area contributed by atoms with Gasteiger partial charge in [0, 0.05) is 0 Å². The molecule has 20 heavy (non-hydrogen) atoms. The van der Waals surface area contributed by atoms with Crippen LogP contribution in [0.2, 0.25) is 0 Å². The quantitative estimate of drug-likeness (QED) is 0.520. The Morgan fingerprint density at radius 2 is 1.55 bits per heavy atom. The Hall–Kier alpha value is -2.29. The van der Waals surface area contributed by atoms with Gasteiger partial charge in [0.2, 0.25) is 0 Å². The normalized spacial score (nSPS) is 14.7. The number of hydrogen-bond donors (Lipinski definition) is 1.